The lowest BCUT2D eigenvalue weighted by atomic mass is 9.92. The number of nitrogens with zero attached hydrogens (tertiary/aromatic N) is 1. The number of hydrogen-bond donors (Lipinski definition) is 2. The van der Waals surface area contributed by atoms with Crippen molar-refractivity contribution in [2.75, 3.05) is 11.5 Å². The summed E-state index contributed by atoms with van der Waals surface area (Å²) in [7, 11) is 0. The van der Waals surface area contributed by atoms with E-state index in [1.807, 2.05) is 0 Å². The summed E-state index contributed by atoms with van der Waals surface area (Å²) < 4.78 is 12.0. The molecule has 0 radical (unpaired) electrons. The van der Waals surface area contributed by atoms with Gasteiger partial charge in [-0.25, -0.2) is 4.79 Å². The minimum atomic E-state index is -1.10. The topological polar surface area (TPSA) is 101 Å². The highest BCUT2D eigenvalue weighted by Gasteiger charge is 2.57. The van der Waals surface area contributed by atoms with Crippen molar-refractivity contribution in [3.8, 4) is 0 Å². The van der Waals surface area contributed by atoms with Crippen LogP contribution in [0.4, 0.5) is 0 Å². The number of carboxylic acids is 1. The van der Waals surface area contributed by atoms with E-state index in [9.17, 15) is 24.4 Å². The lowest BCUT2D eigenvalue weighted by Crippen LogP contribution is -2.60. The predicted octanol–water partition coefficient (Wildman–Crippen LogP) is 0.796. The van der Waals surface area contributed by atoms with Crippen molar-refractivity contribution < 1.29 is 24.4 Å². The van der Waals surface area contributed by atoms with Crippen molar-refractivity contribution in [3.05, 3.63) is 9.93 Å². The molecule has 22 heavy (non-hydrogen) atoms. The van der Waals surface area contributed by atoms with Gasteiger partial charge in [0.05, 0.1) is 16.3 Å². The Labute approximate surface area is 139 Å². The lowest BCUT2D eigenvalue weighted by Gasteiger charge is -2.43. The number of rotatable bonds is 4. The van der Waals surface area contributed by atoms with Crippen LogP contribution in [0.2, 0.25) is 0 Å². The molecule has 0 saturated carbocycles. The molecular weight excluding hydrogens is 346 g/mol. The van der Waals surface area contributed by atoms with E-state index in [1.165, 1.54) is 28.4 Å². The standard InChI is InChI=1S/C13H17NO5S3/c1-6(15)8-10(16)14-9(12(17)18)13(21-11(8)14)20-7-2-4-22(19)5-3-7/h6-8,11,15H,2-5H2,1H3,(H,17,18)/t6-,7-,8+,11-,22+/m1/s1. The van der Waals surface area contributed by atoms with Crippen molar-refractivity contribution >= 4 is 46.6 Å². The fraction of sp³-hybridized carbons (Fsp3) is 0.692. The molecule has 3 aliphatic heterocycles. The Hall–Kier alpha value is -0.350. The maximum Gasteiger partial charge on any atom is 0.354 e. The molecule has 3 heterocycles. The fourth-order valence-corrected chi connectivity index (χ4v) is 7.79. The van der Waals surface area contributed by atoms with Crippen molar-refractivity contribution in [3.63, 3.8) is 0 Å². The van der Waals surface area contributed by atoms with E-state index in [0.29, 0.717) is 15.7 Å². The van der Waals surface area contributed by atoms with Crippen molar-refractivity contribution in [1.29, 1.82) is 0 Å². The van der Waals surface area contributed by atoms with Crippen LogP contribution in [0, 0.1) is 5.92 Å². The first kappa shape index (κ1) is 16.5. The van der Waals surface area contributed by atoms with Crippen molar-refractivity contribution in [1.82, 2.24) is 4.90 Å². The van der Waals surface area contributed by atoms with Crippen LogP contribution >= 0.6 is 23.5 Å². The highest BCUT2D eigenvalue weighted by atomic mass is 32.2. The van der Waals surface area contributed by atoms with Crippen LogP contribution in [0.3, 0.4) is 0 Å². The first-order valence-corrected chi connectivity index (χ1v) is 10.3. The second-order valence-corrected chi connectivity index (χ2v) is 9.98. The second kappa shape index (κ2) is 6.27. The Morgan fingerprint density at radius 3 is 2.68 bits per heavy atom. The third kappa shape index (κ3) is 2.77. The number of aliphatic hydroxyl groups is 1. The van der Waals surface area contributed by atoms with Gasteiger partial charge in [0, 0.05) is 18.1 Å². The highest BCUT2D eigenvalue weighted by molar-refractivity contribution is 8.23. The average molecular weight is 363 g/mol. The summed E-state index contributed by atoms with van der Waals surface area (Å²) in [5.74, 6) is -0.642. The summed E-state index contributed by atoms with van der Waals surface area (Å²) >= 11 is 2.09. The Kier molecular flexibility index (Phi) is 4.71. The maximum atomic E-state index is 12.1. The number of amides is 1. The predicted molar refractivity (Wildman–Crippen MR) is 86.5 cm³/mol. The SMILES string of the molecule is C[C@@H](O)[C@H]1C(=O)N2C(C(=O)O)=C(S[C@H]3CC[S@@+]([O-])CC3)S[C@H]12. The summed E-state index contributed by atoms with van der Waals surface area (Å²) in [4.78, 5) is 24.9. The zero-order chi connectivity index (χ0) is 16.0. The Balaban J connectivity index is 1.75. The van der Waals surface area contributed by atoms with Gasteiger partial charge in [0.15, 0.2) is 5.70 Å². The van der Waals surface area contributed by atoms with Crippen LogP contribution in [0.1, 0.15) is 19.8 Å². The van der Waals surface area contributed by atoms with Crippen LogP contribution in [0.15, 0.2) is 9.93 Å². The molecule has 3 aliphatic rings. The summed E-state index contributed by atoms with van der Waals surface area (Å²) in [6.07, 6.45) is 0.817. The summed E-state index contributed by atoms with van der Waals surface area (Å²) in [5.41, 5.74) is 0.0496. The van der Waals surface area contributed by atoms with Gasteiger partial charge >= 0.3 is 5.97 Å². The molecule has 0 bridgehead atoms. The van der Waals surface area contributed by atoms with Gasteiger partial charge in [0.2, 0.25) is 5.91 Å². The highest BCUT2D eigenvalue weighted by Crippen LogP contribution is 2.55. The molecule has 2 saturated heterocycles. The van der Waals surface area contributed by atoms with Crippen LogP contribution in [-0.2, 0) is 20.8 Å². The molecule has 9 heteroatoms. The molecule has 0 unspecified atom stereocenters. The van der Waals surface area contributed by atoms with Gasteiger partial charge in [0.25, 0.3) is 0 Å². The zero-order valence-corrected chi connectivity index (χ0v) is 14.4. The van der Waals surface area contributed by atoms with E-state index in [0.717, 1.165) is 12.8 Å². The molecule has 3 rings (SSSR count). The normalized spacial score (nSPS) is 36.1. The average Bonchev–Trinajstić information content (AvgIpc) is 2.75. The summed E-state index contributed by atoms with van der Waals surface area (Å²) in [6, 6.07) is 0. The number of aliphatic carboxylic acids is 1. The Bertz CT molecular complexity index is 530. The first-order chi connectivity index (χ1) is 10.4. The van der Waals surface area contributed by atoms with Gasteiger partial charge in [-0.3, -0.25) is 9.69 Å². The molecule has 122 valence electrons. The van der Waals surface area contributed by atoms with Gasteiger partial charge in [-0.1, -0.05) is 22.9 Å². The number of carbonyl (C=O) groups is 2. The fourth-order valence-electron chi connectivity index (χ4n) is 2.87. The summed E-state index contributed by atoms with van der Waals surface area (Å²) in [6.45, 7) is 1.56. The third-order valence-electron chi connectivity index (χ3n) is 4.08. The van der Waals surface area contributed by atoms with E-state index >= 15 is 0 Å². The van der Waals surface area contributed by atoms with Crippen molar-refractivity contribution in [2.24, 2.45) is 5.92 Å². The van der Waals surface area contributed by atoms with Gasteiger partial charge < -0.3 is 14.8 Å². The second-order valence-electron chi connectivity index (χ2n) is 5.59. The van der Waals surface area contributed by atoms with E-state index < -0.39 is 29.2 Å². The lowest BCUT2D eigenvalue weighted by molar-refractivity contribution is -0.156. The minimum Gasteiger partial charge on any atom is -0.616 e. The molecule has 0 aromatic rings. The maximum absolute atomic E-state index is 12.1. The molecule has 0 aromatic heterocycles. The van der Waals surface area contributed by atoms with E-state index in [-0.39, 0.29) is 22.2 Å². The molecule has 2 N–H and O–H groups in total. The quantitative estimate of drug-likeness (QED) is 0.563. The van der Waals surface area contributed by atoms with Crippen molar-refractivity contribution in [2.45, 2.75) is 36.5 Å². The smallest absolute Gasteiger partial charge is 0.354 e. The monoisotopic (exact) mass is 363 g/mol. The number of hydrogen-bond acceptors (Lipinski definition) is 6. The Morgan fingerprint density at radius 1 is 1.50 bits per heavy atom. The largest absolute Gasteiger partial charge is 0.616 e. The van der Waals surface area contributed by atoms with Gasteiger partial charge in [-0.05, 0) is 6.92 Å². The Morgan fingerprint density at radius 2 is 2.14 bits per heavy atom. The van der Waals surface area contributed by atoms with Gasteiger partial charge in [-0.15, -0.1) is 11.8 Å². The molecule has 0 aliphatic carbocycles. The molecule has 1 amide bonds. The molecule has 0 spiro atoms. The number of thioether (sulfide) groups is 2. The number of carboxylic acid groups (broad SMARTS) is 1. The number of β-lactam (4-membered cyclic amide) rings is 1. The third-order valence-corrected chi connectivity index (χ3v) is 8.40. The molecular formula is C13H17NO5S3. The number of fused-ring (bicyclic) bond motifs is 1. The molecule has 3 atom stereocenters. The zero-order valence-electron chi connectivity index (χ0n) is 11.9. The molecule has 6 nitrogen and oxygen atoms in total. The van der Waals surface area contributed by atoms with E-state index in [2.05, 4.69) is 0 Å². The van der Waals surface area contributed by atoms with Crippen LogP contribution in [-0.4, -0.2) is 59.8 Å². The van der Waals surface area contributed by atoms with Gasteiger partial charge in [0.1, 0.15) is 16.9 Å². The van der Waals surface area contributed by atoms with Crippen LogP contribution in [0.25, 0.3) is 0 Å². The first-order valence-electron chi connectivity index (χ1n) is 7.07. The van der Waals surface area contributed by atoms with E-state index in [4.69, 9.17) is 0 Å². The number of carbonyl (C=O) groups excluding carboxylic acids is 1. The summed E-state index contributed by atoms with van der Waals surface area (Å²) in [5, 5.41) is 19.1. The minimum absolute atomic E-state index is 0.0496. The number of aliphatic hydroxyl groups excluding tert-OH is 1. The van der Waals surface area contributed by atoms with E-state index in [1.54, 1.807) is 6.92 Å². The van der Waals surface area contributed by atoms with Crippen LogP contribution in [0.5, 0.6) is 0 Å². The van der Waals surface area contributed by atoms with Crippen LogP contribution < -0.4 is 0 Å². The molecule has 0 aromatic carbocycles. The molecule has 2 fully saturated rings. The van der Waals surface area contributed by atoms with Gasteiger partial charge in [-0.2, -0.15) is 0 Å².